The van der Waals surface area contributed by atoms with E-state index < -0.39 is 23.6 Å². The number of carbonyl (C=O) groups is 1. The van der Waals surface area contributed by atoms with Crippen molar-refractivity contribution in [1.29, 1.82) is 0 Å². The summed E-state index contributed by atoms with van der Waals surface area (Å²) >= 11 is 0. The number of benzene rings is 1. The van der Waals surface area contributed by atoms with E-state index in [0.29, 0.717) is 38.8 Å². The van der Waals surface area contributed by atoms with Gasteiger partial charge in [0.05, 0.1) is 34.5 Å². The first-order chi connectivity index (χ1) is 15.6. The SMILES string of the molecule is COc1cc2c(c(OC)c1OC)-c1ccc(OC)c(=O)cc1[C@@H](N(C)C(=O)C(F)(F)F)CC2. The third kappa shape index (κ3) is 4.29. The van der Waals surface area contributed by atoms with Crippen molar-refractivity contribution in [3.05, 3.63) is 45.6 Å². The van der Waals surface area contributed by atoms with Crippen LogP contribution in [-0.4, -0.2) is 52.5 Å². The Labute approximate surface area is 188 Å². The van der Waals surface area contributed by atoms with E-state index in [9.17, 15) is 22.8 Å². The van der Waals surface area contributed by atoms with Crippen LogP contribution in [0.1, 0.15) is 23.6 Å². The second kappa shape index (κ2) is 9.21. The lowest BCUT2D eigenvalue weighted by Gasteiger charge is -2.29. The number of fused-ring (bicyclic) bond motifs is 3. The van der Waals surface area contributed by atoms with Gasteiger partial charge < -0.3 is 23.8 Å². The Kier molecular flexibility index (Phi) is 6.76. The van der Waals surface area contributed by atoms with Crippen molar-refractivity contribution in [2.75, 3.05) is 35.5 Å². The zero-order chi connectivity index (χ0) is 24.5. The third-order valence-corrected chi connectivity index (χ3v) is 5.72. The van der Waals surface area contributed by atoms with Crippen molar-refractivity contribution in [2.45, 2.75) is 25.1 Å². The van der Waals surface area contributed by atoms with Gasteiger partial charge in [0, 0.05) is 12.6 Å². The van der Waals surface area contributed by atoms with Crippen molar-refractivity contribution in [2.24, 2.45) is 0 Å². The van der Waals surface area contributed by atoms with Crippen LogP contribution >= 0.6 is 0 Å². The third-order valence-electron chi connectivity index (χ3n) is 5.72. The fourth-order valence-electron chi connectivity index (χ4n) is 4.19. The molecule has 178 valence electrons. The summed E-state index contributed by atoms with van der Waals surface area (Å²) in [6.45, 7) is 0. The Morgan fingerprint density at radius 2 is 1.61 bits per heavy atom. The fourth-order valence-corrected chi connectivity index (χ4v) is 4.19. The molecule has 0 aromatic heterocycles. The van der Waals surface area contributed by atoms with Crippen LogP contribution in [0.25, 0.3) is 11.1 Å². The van der Waals surface area contributed by atoms with E-state index in [0.717, 1.165) is 7.05 Å². The highest BCUT2D eigenvalue weighted by Gasteiger charge is 2.44. The van der Waals surface area contributed by atoms with Gasteiger partial charge in [-0.2, -0.15) is 13.2 Å². The van der Waals surface area contributed by atoms with Gasteiger partial charge in [-0.3, -0.25) is 9.59 Å². The Morgan fingerprint density at radius 3 is 2.15 bits per heavy atom. The molecule has 0 fully saturated rings. The lowest BCUT2D eigenvalue weighted by molar-refractivity contribution is -0.186. The maximum absolute atomic E-state index is 13.3. The first-order valence-corrected chi connectivity index (χ1v) is 9.97. The number of halogens is 3. The molecule has 0 bridgehead atoms. The highest BCUT2D eigenvalue weighted by molar-refractivity contribution is 5.85. The highest BCUT2D eigenvalue weighted by atomic mass is 19.4. The predicted octanol–water partition coefficient (Wildman–Crippen LogP) is 3.76. The number of amides is 1. The summed E-state index contributed by atoms with van der Waals surface area (Å²) in [7, 11) is 6.73. The van der Waals surface area contributed by atoms with Crippen LogP contribution in [0.5, 0.6) is 23.0 Å². The zero-order valence-electron chi connectivity index (χ0n) is 18.8. The lowest BCUT2D eigenvalue weighted by Crippen LogP contribution is -2.41. The van der Waals surface area contributed by atoms with Crippen LogP contribution in [0.4, 0.5) is 13.2 Å². The van der Waals surface area contributed by atoms with Crippen LogP contribution in [0.3, 0.4) is 0 Å². The minimum atomic E-state index is -5.06. The fraction of sp³-hybridized carbons (Fsp3) is 0.391. The number of rotatable bonds is 5. The van der Waals surface area contributed by atoms with Gasteiger partial charge in [-0.1, -0.05) is 6.07 Å². The number of alkyl halides is 3. The van der Waals surface area contributed by atoms with Crippen LogP contribution in [0, 0.1) is 0 Å². The van der Waals surface area contributed by atoms with Gasteiger partial charge in [-0.25, -0.2) is 0 Å². The van der Waals surface area contributed by atoms with Crippen LogP contribution in [0.2, 0.25) is 0 Å². The molecule has 3 rings (SSSR count). The van der Waals surface area contributed by atoms with E-state index in [-0.39, 0.29) is 24.2 Å². The average Bonchev–Trinajstić information content (AvgIpc) is 3.03. The predicted molar refractivity (Wildman–Crippen MR) is 114 cm³/mol. The second-order valence-electron chi connectivity index (χ2n) is 7.43. The Hall–Kier alpha value is -3.43. The first-order valence-electron chi connectivity index (χ1n) is 9.97. The normalized spacial score (nSPS) is 15.0. The molecule has 2 aromatic carbocycles. The van der Waals surface area contributed by atoms with Crippen LogP contribution < -0.4 is 24.4 Å². The summed E-state index contributed by atoms with van der Waals surface area (Å²) in [5.74, 6) is -1.01. The maximum atomic E-state index is 13.3. The molecule has 1 aliphatic rings. The molecular formula is C23H24F3NO6. The molecule has 2 aromatic rings. The Bertz CT molecular complexity index is 1130. The van der Waals surface area contributed by atoms with E-state index in [1.165, 1.54) is 40.6 Å². The monoisotopic (exact) mass is 467 g/mol. The lowest BCUT2D eigenvalue weighted by atomic mass is 9.95. The minimum Gasteiger partial charge on any atom is -0.493 e. The molecule has 0 spiro atoms. The quantitative estimate of drug-likeness (QED) is 0.667. The van der Waals surface area contributed by atoms with Crippen molar-refractivity contribution in [3.8, 4) is 34.1 Å². The molecule has 1 amide bonds. The van der Waals surface area contributed by atoms with E-state index in [2.05, 4.69) is 0 Å². The van der Waals surface area contributed by atoms with E-state index in [1.807, 2.05) is 0 Å². The van der Waals surface area contributed by atoms with Gasteiger partial charge in [0.2, 0.25) is 11.2 Å². The number of nitrogens with zero attached hydrogens (tertiary/aromatic N) is 1. The molecule has 0 unspecified atom stereocenters. The molecule has 1 atom stereocenters. The molecular weight excluding hydrogens is 443 g/mol. The van der Waals surface area contributed by atoms with Gasteiger partial charge in [-0.05, 0) is 47.7 Å². The summed E-state index contributed by atoms with van der Waals surface area (Å²) in [5, 5.41) is 0. The first kappa shape index (κ1) is 24.2. The molecule has 0 radical (unpaired) electrons. The van der Waals surface area contributed by atoms with E-state index in [4.69, 9.17) is 18.9 Å². The molecule has 0 N–H and O–H groups in total. The number of ether oxygens (including phenoxy) is 4. The molecule has 7 nitrogen and oxygen atoms in total. The van der Waals surface area contributed by atoms with E-state index in [1.54, 1.807) is 12.1 Å². The number of aryl methyl sites for hydroxylation is 1. The molecule has 33 heavy (non-hydrogen) atoms. The zero-order valence-corrected chi connectivity index (χ0v) is 18.8. The van der Waals surface area contributed by atoms with E-state index >= 15 is 0 Å². The maximum Gasteiger partial charge on any atom is 0.471 e. The molecule has 0 saturated heterocycles. The summed E-state index contributed by atoms with van der Waals surface area (Å²) in [5.41, 5.74) is 1.39. The van der Waals surface area contributed by atoms with Crippen molar-refractivity contribution < 1.29 is 36.9 Å². The summed E-state index contributed by atoms with van der Waals surface area (Å²) in [6.07, 6.45) is -4.65. The number of hydrogen-bond donors (Lipinski definition) is 0. The molecule has 10 heteroatoms. The van der Waals surface area contributed by atoms with Gasteiger partial charge in [0.15, 0.2) is 17.2 Å². The van der Waals surface area contributed by atoms with Crippen molar-refractivity contribution in [1.82, 2.24) is 4.90 Å². The second-order valence-corrected chi connectivity index (χ2v) is 7.43. The van der Waals surface area contributed by atoms with Gasteiger partial charge in [0.1, 0.15) is 0 Å². The summed E-state index contributed by atoms with van der Waals surface area (Å²) in [4.78, 5) is 25.5. The summed E-state index contributed by atoms with van der Waals surface area (Å²) in [6, 6.07) is 4.91. The number of hydrogen-bond acceptors (Lipinski definition) is 6. The largest absolute Gasteiger partial charge is 0.493 e. The highest BCUT2D eigenvalue weighted by Crippen LogP contribution is 2.51. The summed E-state index contributed by atoms with van der Waals surface area (Å²) < 4.78 is 61.4. The Balaban J connectivity index is 2.40. The van der Waals surface area contributed by atoms with Crippen LogP contribution in [-0.2, 0) is 11.2 Å². The minimum absolute atomic E-state index is 0.00705. The average molecular weight is 467 g/mol. The topological polar surface area (TPSA) is 74.3 Å². The molecule has 0 aliphatic heterocycles. The molecule has 1 aliphatic carbocycles. The Morgan fingerprint density at radius 1 is 0.970 bits per heavy atom. The van der Waals surface area contributed by atoms with Gasteiger partial charge >= 0.3 is 12.1 Å². The number of methoxy groups -OCH3 is 4. The molecule has 0 heterocycles. The number of carbonyl (C=O) groups excluding carboxylic acids is 1. The van der Waals surface area contributed by atoms with Gasteiger partial charge in [-0.15, -0.1) is 0 Å². The van der Waals surface area contributed by atoms with Crippen LogP contribution in [0.15, 0.2) is 29.1 Å². The van der Waals surface area contributed by atoms with Crippen molar-refractivity contribution in [3.63, 3.8) is 0 Å². The van der Waals surface area contributed by atoms with Crippen molar-refractivity contribution >= 4 is 5.91 Å². The standard InChI is InChI=1S/C23H24F3NO6/c1-27(22(29)23(24,25)26)15-8-6-12-10-18(31-3)20(32-4)21(33-5)19(12)13-7-9-17(30-2)16(28)11-14(13)15/h7,9-11,15H,6,8H2,1-5H3/t15-/m0/s1. The molecule has 0 saturated carbocycles. The van der Waals surface area contributed by atoms with Gasteiger partial charge in [0.25, 0.3) is 0 Å². The smallest absolute Gasteiger partial charge is 0.471 e.